The van der Waals surface area contributed by atoms with E-state index in [1.807, 2.05) is 67.6 Å². The standard InChI is InChI=1S/C34H41N5O6/c1-3-20-39-30(40)27(16-10-11-19-35-33(43)44-23-25-12-6-4-7-13-25)36-32(42)34(39)17-21-38(22-18-34)31(41)28-24(2)45-37-29(28)26-14-8-5-9-15-26/h4-9,12-15,27H,3,10-11,16-23H2,1-2H3,(H,35,43)(H,36,42)/t27-/m0/s1. The van der Waals surface area contributed by atoms with Crippen molar-refractivity contribution in [2.75, 3.05) is 26.2 Å². The van der Waals surface area contributed by atoms with E-state index in [0.717, 1.165) is 11.1 Å². The average molecular weight is 616 g/mol. The quantitative estimate of drug-likeness (QED) is 0.304. The van der Waals surface area contributed by atoms with Crippen LogP contribution >= 0.6 is 0 Å². The number of aryl methyl sites for hydroxylation is 1. The first kappa shape index (κ1) is 31.7. The van der Waals surface area contributed by atoms with Gasteiger partial charge in [-0.1, -0.05) is 72.7 Å². The Balaban J connectivity index is 1.14. The van der Waals surface area contributed by atoms with Crippen LogP contribution in [0.25, 0.3) is 11.3 Å². The van der Waals surface area contributed by atoms with Crippen LogP contribution < -0.4 is 10.6 Å². The summed E-state index contributed by atoms with van der Waals surface area (Å²) in [6.07, 6.45) is 2.69. The molecule has 11 heteroatoms. The van der Waals surface area contributed by atoms with Crippen LogP contribution in [0.2, 0.25) is 0 Å². The number of rotatable bonds is 11. The van der Waals surface area contributed by atoms with Crippen molar-refractivity contribution in [3.63, 3.8) is 0 Å². The molecular weight excluding hydrogens is 574 g/mol. The Kier molecular flexibility index (Phi) is 10.2. The topological polar surface area (TPSA) is 134 Å². The van der Waals surface area contributed by atoms with Gasteiger partial charge in [0.25, 0.3) is 5.91 Å². The molecule has 0 aliphatic carbocycles. The molecule has 2 N–H and O–H groups in total. The van der Waals surface area contributed by atoms with Crippen LogP contribution in [0.4, 0.5) is 4.79 Å². The van der Waals surface area contributed by atoms with Gasteiger partial charge in [0.2, 0.25) is 11.8 Å². The Hall–Kier alpha value is -4.67. The van der Waals surface area contributed by atoms with Crippen molar-refractivity contribution in [3.8, 4) is 11.3 Å². The summed E-state index contributed by atoms with van der Waals surface area (Å²) in [7, 11) is 0. The Morgan fingerprint density at radius 1 is 1.04 bits per heavy atom. The maximum absolute atomic E-state index is 13.7. The third-order valence-corrected chi connectivity index (χ3v) is 8.66. The van der Waals surface area contributed by atoms with Gasteiger partial charge in [-0.15, -0.1) is 0 Å². The summed E-state index contributed by atoms with van der Waals surface area (Å²) in [5, 5.41) is 9.88. The molecule has 238 valence electrons. The fourth-order valence-electron chi connectivity index (χ4n) is 6.21. The second kappa shape index (κ2) is 14.4. The van der Waals surface area contributed by atoms with E-state index in [-0.39, 0.29) is 24.3 Å². The number of aromatic nitrogens is 1. The van der Waals surface area contributed by atoms with Gasteiger partial charge in [0.05, 0.1) is 0 Å². The van der Waals surface area contributed by atoms with Gasteiger partial charge < -0.3 is 29.7 Å². The number of alkyl carbamates (subject to hydrolysis) is 1. The van der Waals surface area contributed by atoms with Crippen LogP contribution in [-0.2, 0) is 20.9 Å². The number of likely N-dealkylation sites (tertiary alicyclic amines) is 1. The fraction of sp³-hybridized carbons (Fsp3) is 0.441. The van der Waals surface area contributed by atoms with Crippen molar-refractivity contribution < 1.29 is 28.4 Å². The van der Waals surface area contributed by atoms with E-state index in [4.69, 9.17) is 9.26 Å². The second-order valence-electron chi connectivity index (χ2n) is 11.7. The number of carbonyl (C=O) groups is 4. The molecule has 1 spiro atoms. The number of amides is 4. The third kappa shape index (κ3) is 7.02. The minimum atomic E-state index is -0.990. The molecule has 0 radical (unpaired) electrons. The molecule has 0 bridgehead atoms. The molecule has 5 rings (SSSR count). The molecule has 1 aromatic heterocycles. The summed E-state index contributed by atoms with van der Waals surface area (Å²) in [6, 6.07) is 18.3. The minimum absolute atomic E-state index is 0.0901. The number of ether oxygens (including phenoxy) is 1. The Morgan fingerprint density at radius 2 is 1.73 bits per heavy atom. The van der Waals surface area contributed by atoms with E-state index in [1.54, 1.807) is 16.7 Å². The maximum Gasteiger partial charge on any atom is 0.407 e. The molecule has 0 unspecified atom stereocenters. The first-order valence-corrected chi connectivity index (χ1v) is 15.7. The van der Waals surface area contributed by atoms with E-state index in [2.05, 4.69) is 15.8 Å². The fourth-order valence-corrected chi connectivity index (χ4v) is 6.21. The molecule has 2 aliphatic heterocycles. The van der Waals surface area contributed by atoms with Crippen molar-refractivity contribution in [1.82, 2.24) is 25.6 Å². The lowest BCUT2D eigenvalue weighted by Crippen LogP contribution is -2.73. The van der Waals surface area contributed by atoms with Crippen LogP contribution in [0.1, 0.15) is 67.1 Å². The largest absolute Gasteiger partial charge is 0.445 e. The van der Waals surface area contributed by atoms with Gasteiger partial charge in [-0.3, -0.25) is 14.4 Å². The molecule has 0 saturated carbocycles. The van der Waals surface area contributed by atoms with E-state index < -0.39 is 17.7 Å². The molecule has 3 heterocycles. The zero-order valence-corrected chi connectivity index (χ0v) is 25.9. The summed E-state index contributed by atoms with van der Waals surface area (Å²) >= 11 is 0. The Labute approximate surface area is 263 Å². The van der Waals surface area contributed by atoms with Gasteiger partial charge in [0, 0.05) is 31.7 Å². The molecule has 2 saturated heterocycles. The molecule has 2 aromatic carbocycles. The lowest BCUT2D eigenvalue weighted by Gasteiger charge is -2.51. The summed E-state index contributed by atoms with van der Waals surface area (Å²) in [6.45, 7) is 5.45. The highest BCUT2D eigenvalue weighted by molar-refractivity contribution is 6.02. The van der Waals surface area contributed by atoms with Gasteiger partial charge in [0.15, 0.2) is 0 Å². The van der Waals surface area contributed by atoms with Gasteiger partial charge >= 0.3 is 6.09 Å². The average Bonchev–Trinajstić information content (AvgIpc) is 3.46. The van der Waals surface area contributed by atoms with Crippen LogP contribution in [-0.4, -0.2) is 76.5 Å². The van der Waals surface area contributed by atoms with E-state index in [9.17, 15) is 19.2 Å². The number of unbranched alkanes of at least 4 members (excludes halogenated alkanes) is 1. The van der Waals surface area contributed by atoms with Crippen LogP contribution in [0.3, 0.4) is 0 Å². The number of nitrogens with zero attached hydrogens (tertiary/aromatic N) is 3. The molecular formula is C34H41N5O6. The van der Waals surface area contributed by atoms with Gasteiger partial charge in [-0.25, -0.2) is 4.79 Å². The number of hydrogen-bond acceptors (Lipinski definition) is 7. The minimum Gasteiger partial charge on any atom is -0.445 e. The van der Waals surface area contributed by atoms with Gasteiger partial charge in [0.1, 0.15) is 35.2 Å². The van der Waals surface area contributed by atoms with Crippen molar-refractivity contribution >= 4 is 23.8 Å². The summed E-state index contributed by atoms with van der Waals surface area (Å²) in [5.74, 6) is -0.00368. The number of piperidine rings is 1. The highest BCUT2D eigenvalue weighted by Crippen LogP contribution is 2.35. The van der Waals surface area contributed by atoms with Crippen LogP contribution in [0.15, 0.2) is 65.2 Å². The number of nitrogens with one attached hydrogen (secondary N) is 2. The normalized spacial score (nSPS) is 17.7. The van der Waals surface area contributed by atoms with Gasteiger partial charge in [-0.05, 0) is 51.0 Å². The predicted molar refractivity (Wildman–Crippen MR) is 167 cm³/mol. The van der Waals surface area contributed by atoms with E-state index in [0.29, 0.717) is 81.7 Å². The number of hydrogen-bond donors (Lipinski definition) is 2. The molecule has 1 atom stereocenters. The molecule has 2 aliphatic rings. The molecule has 11 nitrogen and oxygen atoms in total. The first-order valence-electron chi connectivity index (χ1n) is 15.7. The van der Waals surface area contributed by atoms with Crippen LogP contribution in [0.5, 0.6) is 0 Å². The van der Waals surface area contributed by atoms with E-state index in [1.165, 1.54) is 0 Å². The summed E-state index contributed by atoms with van der Waals surface area (Å²) in [5.41, 5.74) is 1.64. The number of carbonyl (C=O) groups excluding carboxylic acids is 4. The molecule has 45 heavy (non-hydrogen) atoms. The highest BCUT2D eigenvalue weighted by Gasteiger charge is 2.53. The third-order valence-electron chi connectivity index (χ3n) is 8.66. The SMILES string of the molecule is CCCN1C(=O)[C@H](CCCCNC(=O)OCc2ccccc2)NC(=O)C12CCN(C(=O)c1c(-c3ccccc3)noc1C)CC2. The lowest BCUT2D eigenvalue weighted by atomic mass is 9.81. The zero-order chi connectivity index (χ0) is 31.8. The smallest absolute Gasteiger partial charge is 0.407 e. The van der Waals surface area contributed by atoms with Crippen LogP contribution in [0, 0.1) is 6.92 Å². The monoisotopic (exact) mass is 615 g/mol. The van der Waals surface area contributed by atoms with Crippen molar-refractivity contribution in [2.45, 2.75) is 70.6 Å². The molecule has 3 aromatic rings. The number of piperazine rings is 1. The van der Waals surface area contributed by atoms with Crippen molar-refractivity contribution in [2.24, 2.45) is 0 Å². The maximum atomic E-state index is 13.7. The highest BCUT2D eigenvalue weighted by atomic mass is 16.5. The molecule has 4 amide bonds. The Morgan fingerprint density at radius 3 is 2.42 bits per heavy atom. The lowest BCUT2D eigenvalue weighted by molar-refractivity contribution is -0.161. The predicted octanol–water partition coefficient (Wildman–Crippen LogP) is 4.46. The number of benzene rings is 2. The first-order chi connectivity index (χ1) is 21.8. The van der Waals surface area contributed by atoms with E-state index >= 15 is 0 Å². The zero-order valence-electron chi connectivity index (χ0n) is 25.9. The Bertz CT molecular complexity index is 1480. The summed E-state index contributed by atoms with van der Waals surface area (Å²) < 4.78 is 10.6. The summed E-state index contributed by atoms with van der Waals surface area (Å²) in [4.78, 5) is 56.5. The second-order valence-corrected chi connectivity index (χ2v) is 11.7. The van der Waals surface area contributed by atoms with Crippen molar-refractivity contribution in [3.05, 3.63) is 77.6 Å². The van der Waals surface area contributed by atoms with Crippen molar-refractivity contribution in [1.29, 1.82) is 0 Å². The molecule has 2 fully saturated rings. The van der Waals surface area contributed by atoms with Gasteiger partial charge in [-0.2, -0.15) is 0 Å².